The Bertz CT molecular complexity index is 450. The molecule has 0 saturated carbocycles. The maximum atomic E-state index is 12.3. The van der Waals surface area contributed by atoms with Crippen LogP contribution in [-0.4, -0.2) is 29.9 Å². The maximum Gasteiger partial charge on any atom is 0.244 e. The summed E-state index contributed by atoms with van der Waals surface area (Å²) < 4.78 is 0. The standard InChI is InChI=1S/C16H24N2O/c1-12-7-8-15(13(2)11-12)17-14(3)16(19)18-9-5-4-6-10-18/h7-8,11,14,17H,4-6,9-10H2,1-3H3. The van der Waals surface area contributed by atoms with E-state index in [1.807, 2.05) is 11.8 Å². The molecule has 104 valence electrons. The SMILES string of the molecule is Cc1ccc(NC(C)C(=O)N2CCCCC2)c(C)c1. The van der Waals surface area contributed by atoms with Crippen LogP contribution in [0.5, 0.6) is 0 Å². The molecule has 1 atom stereocenters. The minimum atomic E-state index is -0.153. The van der Waals surface area contributed by atoms with Crippen LogP contribution in [0.3, 0.4) is 0 Å². The van der Waals surface area contributed by atoms with Crippen LogP contribution in [0.25, 0.3) is 0 Å². The van der Waals surface area contributed by atoms with E-state index >= 15 is 0 Å². The summed E-state index contributed by atoms with van der Waals surface area (Å²) >= 11 is 0. The average molecular weight is 260 g/mol. The van der Waals surface area contributed by atoms with Crippen LogP contribution >= 0.6 is 0 Å². The highest BCUT2D eigenvalue weighted by Crippen LogP contribution is 2.18. The summed E-state index contributed by atoms with van der Waals surface area (Å²) in [5, 5.41) is 3.34. The Balaban J connectivity index is 1.99. The zero-order valence-corrected chi connectivity index (χ0v) is 12.2. The van der Waals surface area contributed by atoms with E-state index in [-0.39, 0.29) is 11.9 Å². The number of piperidine rings is 1. The summed E-state index contributed by atoms with van der Waals surface area (Å²) in [4.78, 5) is 14.3. The number of benzene rings is 1. The molecule has 1 aliphatic rings. The predicted octanol–water partition coefficient (Wildman–Crippen LogP) is 3.12. The van der Waals surface area contributed by atoms with Gasteiger partial charge in [0, 0.05) is 18.8 Å². The van der Waals surface area contributed by atoms with Gasteiger partial charge in [-0.15, -0.1) is 0 Å². The van der Waals surface area contributed by atoms with Gasteiger partial charge in [0.15, 0.2) is 0 Å². The fourth-order valence-electron chi connectivity index (χ4n) is 2.66. The largest absolute Gasteiger partial charge is 0.374 e. The van der Waals surface area contributed by atoms with E-state index in [4.69, 9.17) is 0 Å². The molecule has 0 aliphatic carbocycles. The number of carbonyl (C=O) groups excluding carboxylic acids is 1. The van der Waals surface area contributed by atoms with Gasteiger partial charge >= 0.3 is 0 Å². The quantitative estimate of drug-likeness (QED) is 0.905. The lowest BCUT2D eigenvalue weighted by Gasteiger charge is -2.30. The van der Waals surface area contributed by atoms with Crippen LogP contribution < -0.4 is 5.32 Å². The molecule has 1 heterocycles. The molecule has 19 heavy (non-hydrogen) atoms. The number of hydrogen-bond donors (Lipinski definition) is 1. The normalized spacial score (nSPS) is 17.1. The molecular formula is C16H24N2O. The molecular weight excluding hydrogens is 236 g/mol. The van der Waals surface area contributed by atoms with Crippen molar-refractivity contribution in [2.75, 3.05) is 18.4 Å². The van der Waals surface area contributed by atoms with Gasteiger partial charge in [0.1, 0.15) is 6.04 Å². The molecule has 3 heteroatoms. The van der Waals surface area contributed by atoms with Crippen molar-refractivity contribution >= 4 is 11.6 Å². The van der Waals surface area contributed by atoms with Crippen LogP contribution in [0.4, 0.5) is 5.69 Å². The number of amides is 1. The first kappa shape index (κ1) is 13.9. The van der Waals surface area contributed by atoms with Gasteiger partial charge in [-0.25, -0.2) is 0 Å². The van der Waals surface area contributed by atoms with E-state index in [2.05, 4.69) is 37.4 Å². The Hall–Kier alpha value is -1.51. The van der Waals surface area contributed by atoms with Crippen molar-refractivity contribution in [3.05, 3.63) is 29.3 Å². The molecule has 1 N–H and O–H groups in total. The van der Waals surface area contributed by atoms with Gasteiger partial charge < -0.3 is 10.2 Å². The van der Waals surface area contributed by atoms with Crippen molar-refractivity contribution in [3.8, 4) is 0 Å². The zero-order chi connectivity index (χ0) is 13.8. The fraction of sp³-hybridized carbons (Fsp3) is 0.562. The third-order valence-electron chi connectivity index (χ3n) is 3.79. The number of likely N-dealkylation sites (tertiary alicyclic amines) is 1. The van der Waals surface area contributed by atoms with Crippen molar-refractivity contribution in [2.45, 2.75) is 46.1 Å². The van der Waals surface area contributed by atoms with Crippen LogP contribution in [0.2, 0.25) is 0 Å². The van der Waals surface area contributed by atoms with Crippen molar-refractivity contribution in [2.24, 2.45) is 0 Å². The predicted molar refractivity (Wildman–Crippen MR) is 79.4 cm³/mol. The second-order valence-corrected chi connectivity index (χ2v) is 5.57. The number of hydrogen-bond acceptors (Lipinski definition) is 2. The Morgan fingerprint density at radius 2 is 1.89 bits per heavy atom. The van der Waals surface area contributed by atoms with Crippen molar-refractivity contribution in [1.29, 1.82) is 0 Å². The summed E-state index contributed by atoms with van der Waals surface area (Å²) in [7, 11) is 0. The number of anilines is 1. The van der Waals surface area contributed by atoms with E-state index in [9.17, 15) is 4.79 Å². The number of aryl methyl sites for hydroxylation is 2. The van der Waals surface area contributed by atoms with E-state index in [1.165, 1.54) is 17.5 Å². The lowest BCUT2D eigenvalue weighted by molar-refractivity contribution is -0.132. The highest BCUT2D eigenvalue weighted by Gasteiger charge is 2.22. The fourth-order valence-corrected chi connectivity index (χ4v) is 2.66. The summed E-state index contributed by atoms with van der Waals surface area (Å²) in [6.07, 6.45) is 3.53. The topological polar surface area (TPSA) is 32.3 Å². The lowest BCUT2D eigenvalue weighted by atomic mass is 10.1. The zero-order valence-electron chi connectivity index (χ0n) is 12.2. The smallest absolute Gasteiger partial charge is 0.244 e. The summed E-state index contributed by atoms with van der Waals surface area (Å²) in [5.74, 6) is 0.222. The summed E-state index contributed by atoms with van der Waals surface area (Å²) in [5.41, 5.74) is 3.50. The van der Waals surface area contributed by atoms with E-state index in [0.29, 0.717) is 0 Å². The molecule has 1 fully saturated rings. The van der Waals surface area contributed by atoms with Gasteiger partial charge in [-0.2, -0.15) is 0 Å². The molecule has 3 nitrogen and oxygen atoms in total. The average Bonchev–Trinajstić information content (AvgIpc) is 2.42. The monoisotopic (exact) mass is 260 g/mol. The lowest BCUT2D eigenvalue weighted by Crippen LogP contribution is -2.43. The number of nitrogens with one attached hydrogen (secondary N) is 1. The van der Waals surface area contributed by atoms with Gasteiger partial charge in [-0.3, -0.25) is 4.79 Å². The Labute approximate surface area is 116 Å². The third kappa shape index (κ3) is 3.49. The van der Waals surface area contributed by atoms with E-state index < -0.39 is 0 Å². The number of rotatable bonds is 3. The molecule has 2 rings (SSSR count). The van der Waals surface area contributed by atoms with Gasteiger partial charge in [0.05, 0.1) is 0 Å². The first-order valence-electron chi connectivity index (χ1n) is 7.20. The molecule has 0 bridgehead atoms. The third-order valence-corrected chi connectivity index (χ3v) is 3.79. The molecule has 1 unspecified atom stereocenters. The molecule has 0 spiro atoms. The Morgan fingerprint density at radius 3 is 2.53 bits per heavy atom. The molecule has 1 aromatic rings. The van der Waals surface area contributed by atoms with Crippen LogP contribution in [0.1, 0.15) is 37.3 Å². The van der Waals surface area contributed by atoms with Gasteiger partial charge in [-0.1, -0.05) is 17.7 Å². The number of carbonyl (C=O) groups is 1. The van der Waals surface area contributed by atoms with Crippen molar-refractivity contribution in [3.63, 3.8) is 0 Å². The number of nitrogens with zero attached hydrogens (tertiary/aromatic N) is 1. The van der Waals surface area contributed by atoms with E-state index in [0.717, 1.165) is 31.6 Å². The Morgan fingerprint density at radius 1 is 1.21 bits per heavy atom. The van der Waals surface area contributed by atoms with Gasteiger partial charge in [0.2, 0.25) is 5.91 Å². The second-order valence-electron chi connectivity index (χ2n) is 5.57. The van der Waals surface area contributed by atoms with Crippen molar-refractivity contribution in [1.82, 2.24) is 4.90 Å². The first-order chi connectivity index (χ1) is 9.08. The minimum absolute atomic E-state index is 0.153. The Kier molecular flexibility index (Phi) is 4.46. The summed E-state index contributed by atoms with van der Waals surface area (Å²) in [6.45, 7) is 7.94. The molecule has 1 amide bonds. The van der Waals surface area contributed by atoms with Crippen molar-refractivity contribution < 1.29 is 4.79 Å². The highest BCUT2D eigenvalue weighted by atomic mass is 16.2. The van der Waals surface area contributed by atoms with Crippen LogP contribution in [0, 0.1) is 13.8 Å². The minimum Gasteiger partial charge on any atom is -0.374 e. The van der Waals surface area contributed by atoms with Gasteiger partial charge in [0.25, 0.3) is 0 Å². The summed E-state index contributed by atoms with van der Waals surface area (Å²) in [6, 6.07) is 6.12. The first-order valence-corrected chi connectivity index (χ1v) is 7.20. The van der Waals surface area contributed by atoms with Gasteiger partial charge in [-0.05, 0) is 51.7 Å². The molecule has 0 radical (unpaired) electrons. The van der Waals surface area contributed by atoms with Crippen LogP contribution in [-0.2, 0) is 4.79 Å². The van der Waals surface area contributed by atoms with E-state index in [1.54, 1.807) is 0 Å². The van der Waals surface area contributed by atoms with Crippen LogP contribution in [0.15, 0.2) is 18.2 Å². The second kappa shape index (κ2) is 6.09. The molecule has 1 saturated heterocycles. The molecule has 1 aromatic carbocycles. The molecule has 1 aliphatic heterocycles. The highest BCUT2D eigenvalue weighted by molar-refractivity contribution is 5.84. The molecule has 0 aromatic heterocycles. The maximum absolute atomic E-state index is 12.3.